The molecule has 0 atom stereocenters. The molecule has 4 aromatic rings. The highest BCUT2D eigenvalue weighted by atomic mass is 16.6. The van der Waals surface area contributed by atoms with E-state index in [-0.39, 0.29) is 11.4 Å². The molecule has 30 heavy (non-hydrogen) atoms. The van der Waals surface area contributed by atoms with Gasteiger partial charge in [0, 0.05) is 34.8 Å². The number of nitro groups is 1. The molecule has 2 aromatic heterocycles. The number of aromatic carboxylic acids is 1. The van der Waals surface area contributed by atoms with E-state index in [1.54, 1.807) is 24.4 Å². The van der Waals surface area contributed by atoms with Gasteiger partial charge >= 0.3 is 5.97 Å². The zero-order valence-electron chi connectivity index (χ0n) is 15.6. The molecule has 9 nitrogen and oxygen atoms in total. The summed E-state index contributed by atoms with van der Waals surface area (Å²) >= 11 is 0. The molecule has 0 saturated carbocycles. The van der Waals surface area contributed by atoms with Crippen LogP contribution in [0.3, 0.4) is 0 Å². The normalized spacial score (nSPS) is 11.2. The van der Waals surface area contributed by atoms with Gasteiger partial charge in [-0.15, -0.1) is 0 Å². The number of hydrogen-bond acceptors (Lipinski definition) is 6. The summed E-state index contributed by atoms with van der Waals surface area (Å²) in [6, 6.07) is 16.8. The molecule has 2 N–H and O–H groups in total. The van der Waals surface area contributed by atoms with Crippen LogP contribution in [0.4, 0.5) is 11.4 Å². The van der Waals surface area contributed by atoms with Gasteiger partial charge in [-0.3, -0.25) is 15.5 Å². The Morgan fingerprint density at radius 1 is 1.17 bits per heavy atom. The second-order valence-electron chi connectivity index (χ2n) is 6.47. The maximum atomic E-state index is 11.0. The van der Waals surface area contributed by atoms with Crippen molar-refractivity contribution in [3.63, 3.8) is 0 Å². The number of para-hydroxylation sites is 1. The first-order valence-corrected chi connectivity index (χ1v) is 8.94. The third kappa shape index (κ3) is 3.90. The minimum atomic E-state index is -1.11. The van der Waals surface area contributed by atoms with Crippen molar-refractivity contribution in [1.29, 1.82) is 0 Å². The van der Waals surface area contributed by atoms with E-state index in [0.29, 0.717) is 18.0 Å². The lowest BCUT2D eigenvalue weighted by Gasteiger charge is -2.02. The summed E-state index contributed by atoms with van der Waals surface area (Å²) < 4.78 is 7.31. The minimum absolute atomic E-state index is 0.0107. The summed E-state index contributed by atoms with van der Waals surface area (Å²) in [5.74, 6) is -0.681. The molecule has 0 spiro atoms. The number of carbonyl (C=O) groups is 1. The number of carboxylic acids is 1. The number of furan rings is 1. The summed E-state index contributed by atoms with van der Waals surface area (Å²) in [4.78, 5) is 21.3. The van der Waals surface area contributed by atoms with Gasteiger partial charge in [-0.25, -0.2) is 4.79 Å². The van der Waals surface area contributed by atoms with Crippen LogP contribution in [-0.4, -0.2) is 26.8 Å². The van der Waals surface area contributed by atoms with E-state index in [2.05, 4.69) is 10.5 Å². The lowest BCUT2D eigenvalue weighted by atomic mass is 10.2. The molecular formula is C21H16N4O5. The zero-order valence-corrected chi connectivity index (χ0v) is 15.6. The van der Waals surface area contributed by atoms with Gasteiger partial charge in [0.1, 0.15) is 5.76 Å². The molecule has 0 fully saturated rings. The average molecular weight is 404 g/mol. The number of nitrogens with zero attached hydrogens (tertiary/aromatic N) is 3. The second-order valence-corrected chi connectivity index (χ2v) is 6.47. The fraction of sp³-hybridized carbons (Fsp3) is 0.0476. The number of benzene rings is 2. The molecule has 9 heteroatoms. The largest absolute Gasteiger partial charge is 0.475 e. The van der Waals surface area contributed by atoms with E-state index in [1.807, 2.05) is 35.0 Å². The Kier molecular flexibility index (Phi) is 5.00. The van der Waals surface area contributed by atoms with Crippen LogP contribution in [0.1, 0.15) is 21.9 Å². The summed E-state index contributed by atoms with van der Waals surface area (Å²) in [7, 11) is 0. The first-order chi connectivity index (χ1) is 14.5. The van der Waals surface area contributed by atoms with Gasteiger partial charge in [0.05, 0.1) is 23.4 Å². The van der Waals surface area contributed by atoms with Crippen molar-refractivity contribution in [3.8, 4) is 0 Å². The van der Waals surface area contributed by atoms with Crippen molar-refractivity contribution in [2.45, 2.75) is 6.54 Å². The van der Waals surface area contributed by atoms with E-state index in [0.717, 1.165) is 16.5 Å². The zero-order chi connectivity index (χ0) is 21.1. The van der Waals surface area contributed by atoms with E-state index in [9.17, 15) is 14.9 Å². The summed E-state index contributed by atoms with van der Waals surface area (Å²) in [5.41, 5.74) is 5.28. The molecule has 0 saturated heterocycles. The van der Waals surface area contributed by atoms with Crippen LogP contribution in [0.2, 0.25) is 0 Å². The number of aromatic nitrogens is 1. The number of fused-ring (bicyclic) bond motifs is 1. The molecule has 0 unspecified atom stereocenters. The lowest BCUT2D eigenvalue weighted by molar-refractivity contribution is -0.384. The van der Waals surface area contributed by atoms with Gasteiger partial charge in [0.2, 0.25) is 5.76 Å². The Hall–Kier alpha value is -4.40. The highest BCUT2D eigenvalue weighted by Crippen LogP contribution is 2.22. The average Bonchev–Trinajstić information content (AvgIpc) is 3.34. The van der Waals surface area contributed by atoms with Crippen molar-refractivity contribution in [1.82, 2.24) is 4.57 Å². The third-order valence-electron chi connectivity index (χ3n) is 4.49. The standard InChI is InChI=1S/C21H16N4O5/c26-21(27)20-10-9-17(30-20)13-24-12-14(18-3-1-2-4-19(18)24)11-22-23-15-5-7-16(8-6-15)25(28)29/h1-12,23H,13H2,(H,26,27)/b22-11-. The second kappa shape index (κ2) is 7.92. The predicted octanol–water partition coefficient (Wildman–Crippen LogP) is 4.34. The number of carboxylic acid groups (broad SMARTS) is 1. The van der Waals surface area contributed by atoms with Gasteiger partial charge in [-0.05, 0) is 30.3 Å². The van der Waals surface area contributed by atoms with Crippen LogP contribution in [0.5, 0.6) is 0 Å². The van der Waals surface area contributed by atoms with Crippen molar-refractivity contribution in [2.24, 2.45) is 5.10 Å². The van der Waals surface area contributed by atoms with Crippen molar-refractivity contribution in [3.05, 3.63) is 94.1 Å². The van der Waals surface area contributed by atoms with Gasteiger partial charge in [0.15, 0.2) is 0 Å². The van der Waals surface area contributed by atoms with Crippen LogP contribution in [0.15, 0.2) is 76.4 Å². The topological polar surface area (TPSA) is 123 Å². The quantitative estimate of drug-likeness (QED) is 0.268. The Morgan fingerprint density at radius 3 is 2.63 bits per heavy atom. The van der Waals surface area contributed by atoms with Gasteiger partial charge in [-0.1, -0.05) is 18.2 Å². The Morgan fingerprint density at radius 2 is 1.93 bits per heavy atom. The van der Waals surface area contributed by atoms with Gasteiger partial charge in [-0.2, -0.15) is 5.10 Å². The van der Waals surface area contributed by atoms with Gasteiger partial charge < -0.3 is 14.1 Å². The van der Waals surface area contributed by atoms with Crippen LogP contribution >= 0.6 is 0 Å². The van der Waals surface area contributed by atoms with Crippen molar-refractivity contribution < 1.29 is 19.2 Å². The predicted molar refractivity (Wildman–Crippen MR) is 111 cm³/mol. The molecule has 2 heterocycles. The lowest BCUT2D eigenvalue weighted by Crippen LogP contribution is -1.97. The molecule has 0 amide bonds. The van der Waals surface area contributed by atoms with E-state index < -0.39 is 10.9 Å². The van der Waals surface area contributed by atoms with Crippen molar-refractivity contribution >= 4 is 34.5 Å². The summed E-state index contributed by atoms with van der Waals surface area (Å²) in [6.45, 7) is 0.372. The Labute approximate surface area is 170 Å². The molecule has 0 aliphatic rings. The van der Waals surface area contributed by atoms with Crippen LogP contribution in [0, 0.1) is 10.1 Å². The number of nitrogens with one attached hydrogen (secondary N) is 1. The van der Waals surface area contributed by atoms with Crippen LogP contribution < -0.4 is 5.43 Å². The highest BCUT2D eigenvalue weighted by Gasteiger charge is 2.12. The van der Waals surface area contributed by atoms with E-state index in [4.69, 9.17) is 9.52 Å². The monoisotopic (exact) mass is 404 g/mol. The highest BCUT2D eigenvalue weighted by molar-refractivity contribution is 5.99. The third-order valence-corrected chi connectivity index (χ3v) is 4.49. The number of nitro benzene ring substituents is 1. The van der Waals surface area contributed by atoms with Crippen molar-refractivity contribution in [2.75, 3.05) is 5.43 Å². The first-order valence-electron chi connectivity index (χ1n) is 8.94. The molecule has 0 bridgehead atoms. The first kappa shape index (κ1) is 18.9. The van der Waals surface area contributed by atoms with Gasteiger partial charge in [0.25, 0.3) is 5.69 Å². The molecule has 4 rings (SSSR count). The minimum Gasteiger partial charge on any atom is -0.475 e. The number of rotatable bonds is 7. The number of hydrazone groups is 1. The Bertz CT molecular complexity index is 1250. The maximum absolute atomic E-state index is 11.0. The fourth-order valence-electron chi connectivity index (χ4n) is 3.09. The molecule has 0 radical (unpaired) electrons. The number of hydrogen-bond donors (Lipinski definition) is 2. The SMILES string of the molecule is O=C(O)c1ccc(Cn2cc(/C=N\Nc3ccc([N+](=O)[O-])cc3)c3ccccc32)o1. The van der Waals surface area contributed by atoms with E-state index >= 15 is 0 Å². The molecular weight excluding hydrogens is 388 g/mol. The molecule has 150 valence electrons. The molecule has 0 aliphatic carbocycles. The van der Waals surface area contributed by atoms with Crippen LogP contribution in [0.25, 0.3) is 10.9 Å². The number of non-ortho nitro benzene ring substituents is 1. The van der Waals surface area contributed by atoms with E-state index in [1.165, 1.54) is 18.2 Å². The number of anilines is 1. The summed E-state index contributed by atoms with van der Waals surface area (Å²) in [5, 5.41) is 24.9. The molecule has 2 aromatic carbocycles. The maximum Gasteiger partial charge on any atom is 0.371 e. The summed E-state index contributed by atoms with van der Waals surface area (Å²) in [6.07, 6.45) is 3.56. The molecule has 0 aliphatic heterocycles. The fourth-order valence-corrected chi connectivity index (χ4v) is 3.09. The smallest absolute Gasteiger partial charge is 0.371 e. The Balaban J connectivity index is 1.56. The van der Waals surface area contributed by atoms with Crippen LogP contribution in [-0.2, 0) is 6.54 Å².